The van der Waals surface area contributed by atoms with Gasteiger partial charge in [-0.05, 0) is 55.0 Å². The lowest BCUT2D eigenvalue weighted by Crippen LogP contribution is -2.35. The van der Waals surface area contributed by atoms with Gasteiger partial charge in [0.25, 0.3) is 5.91 Å². The highest BCUT2D eigenvalue weighted by Crippen LogP contribution is 2.32. The van der Waals surface area contributed by atoms with Crippen LogP contribution in [0.1, 0.15) is 22.8 Å². The van der Waals surface area contributed by atoms with Crippen LogP contribution in [0.5, 0.6) is 17.2 Å². The van der Waals surface area contributed by atoms with Crippen LogP contribution in [0, 0.1) is 0 Å². The highest BCUT2D eigenvalue weighted by atomic mass is 16.5. The number of carbonyl (C=O) groups excluding carboxylic acids is 2. The van der Waals surface area contributed by atoms with Crippen molar-refractivity contribution in [2.45, 2.75) is 19.6 Å². The number of Topliss-reactive ketones (excluding diaryl/α,β-unsaturated/α-hetero) is 1. The molecule has 4 rings (SSSR count). The van der Waals surface area contributed by atoms with E-state index in [0.29, 0.717) is 29.4 Å². The molecule has 0 radical (unpaired) electrons. The number of likely N-dealkylation sites (N-methyl/N-ethyl adjacent to an activating group) is 1. The zero-order valence-corrected chi connectivity index (χ0v) is 17.4. The van der Waals surface area contributed by atoms with E-state index in [1.54, 1.807) is 44.3 Å². The Bertz CT molecular complexity index is 1080. The SMILES string of the molecule is CC(Oc1ccc(OCc2ccccc2)cc1)C(=O)c1ccc2c(c1)N(C)C(=O)CO2. The number of hydrogen-bond donors (Lipinski definition) is 0. The second-order valence-electron chi connectivity index (χ2n) is 7.29. The van der Waals surface area contributed by atoms with Crippen molar-refractivity contribution in [3.63, 3.8) is 0 Å². The fourth-order valence-electron chi connectivity index (χ4n) is 3.27. The van der Waals surface area contributed by atoms with Gasteiger partial charge in [-0.2, -0.15) is 0 Å². The van der Waals surface area contributed by atoms with Gasteiger partial charge in [-0.25, -0.2) is 0 Å². The Morgan fingerprint density at radius 1 is 1.03 bits per heavy atom. The molecule has 0 saturated carbocycles. The molecule has 6 heteroatoms. The second kappa shape index (κ2) is 8.92. The monoisotopic (exact) mass is 417 g/mol. The topological polar surface area (TPSA) is 65.1 Å². The van der Waals surface area contributed by atoms with E-state index in [4.69, 9.17) is 14.2 Å². The summed E-state index contributed by atoms with van der Waals surface area (Å²) in [5.41, 5.74) is 2.12. The predicted octanol–water partition coefficient (Wildman–Crippen LogP) is 4.27. The fourth-order valence-corrected chi connectivity index (χ4v) is 3.27. The molecule has 1 atom stereocenters. The molecule has 0 spiro atoms. The van der Waals surface area contributed by atoms with Gasteiger partial charge in [0, 0.05) is 12.6 Å². The largest absolute Gasteiger partial charge is 0.489 e. The van der Waals surface area contributed by atoms with Crippen LogP contribution in [-0.2, 0) is 11.4 Å². The molecule has 0 aromatic heterocycles. The maximum Gasteiger partial charge on any atom is 0.264 e. The first-order chi connectivity index (χ1) is 15.0. The Balaban J connectivity index is 1.38. The molecule has 1 aliphatic heterocycles. The Morgan fingerprint density at radius 3 is 2.48 bits per heavy atom. The number of anilines is 1. The summed E-state index contributed by atoms with van der Waals surface area (Å²) in [6.07, 6.45) is -0.695. The van der Waals surface area contributed by atoms with Crippen molar-refractivity contribution in [2.24, 2.45) is 0 Å². The maximum atomic E-state index is 12.9. The Morgan fingerprint density at radius 2 is 1.74 bits per heavy atom. The average molecular weight is 417 g/mol. The third-order valence-electron chi connectivity index (χ3n) is 5.08. The minimum atomic E-state index is -0.695. The van der Waals surface area contributed by atoms with E-state index in [1.165, 1.54) is 4.90 Å². The van der Waals surface area contributed by atoms with E-state index in [9.17, 15) is 9.59 Å². The summed E-state index contributed by atoms with van der Waals surface area (Å²) >= 11 is 0. The minimum absolute atomic E-state index is 0.00135. The summed E-state index contributed by atoms with van der Waals surface area (Å²) in [7, 11) is 1.67. The van der Waals surface area contributed by atoms with Crippen molar-refractivity contribution >= 4 is 17.4 Å². The third-order valence-corrected chi connectivity index (χ3v) is 5.08. The molecule has 1 amide bonds. The molecular weight excluding hydrogens is 394 g/mol. The molecule has 31 heavy (non-hydrogen) atoms. The Hall–Kier alpha value is -3.80. The van der Waals surface area contributed by atoms with Crippen LogP contribution in [0.15, 0.2) is 72.8 Å². The lowest BCUT2D eigenvalue weighted by molar-refractivity contribution is -0.120. The van der Waals surface area contributed by atoms with E-state index >= 15 is 0 Å². The van der Waals surface area contributed by atoms with Crippen molar-refractivity contribution in [3.8, 4) is 17.2 Å². The van der Waals surface area contributed by atoms with Crippen LogP contribution >= 0.6 is 0 Å². The molecule has 158 valence electrons. The molecule has 0 saturated heterocycles. The van der Waals surface area contributed by atoms with E-state index in [-0.39, 0.29) is 18.3 Å². The number of hydrogen-bond acceptors (Lipinski definition) is 5. The molecule has 0 bridgehead atoms. The molecular formula is C25H23NO5. The molecule has 0 fully saturated rings. The summed E-state index contributed by atoms with van der Waals surface area (Å²) in [6.45, 7) is 2.18. The van der Waals surface area contributed by atoms with Crippen LogP contribution in [-0.4, -0.2) is 31.4 Å². The van der Waals surface area contributed by atoms with Gasteiger partial charge >= 0.3 is 0 Å². The van der Waals surface area contributed by atoms with Crippen molar-refractivity contribution < 1.29 is 23.8 Å². The first kappa shape index (κ1) is 20.5. The minimum Gasteiger partial charge on any atom is -0.489 e. The van der Waals surface area contributed by atoms with Gasteiger partial charge < -0.3 is 19.1 Å². The standard InChI is InChI=1S/C25H23NO5/c1-17(25(28)19-8-13-23-22(14-19)26(2)24(27)16-30-23)31-21-11-9-20(10-12-21)29-15-18-6-4-3-5-7-18/h3-14,17H,15-16H2,1-2H3. The fraction of sp³-hybridized carbons (Fsp3) is 0.200. The quantitative estimate of drug-likeness (QED) is 0.537. The summed E-state index contributed by atoms with van der Waals surface area (Å²) < 4.78 is 17.0. The summed E-state index contributed by atoms with van der Waals surface area (Å²) in [6, 6.07) is 22.1. The van der Waals surface area contributed by atoms with Gasteiger partial charge in [0.2, 0.25) is 5.78 Å². The van der Waals surface area contributed by atoms with E-state index < -0.39 is 6.10 Å². The summed E-state index contributed by atoms with van der Waals surface area (Å²) in [4.78, 5) is 26.2. The average Bonchev–Trinajstić information content (AvgIpc) is 2.81. The highest BCUT2D eigenvalue weighted by molar-refractivity contribution is 6.03. The molecule has 1 aliphatic rings. The number of fused-ring (bicyclic) bond motifs is 1. The van der Waals surface area contributed by atoms with Crippen LogP contribution in [0.25, 0.3) is 0 Å². The van der Waals surface area contributed by atoms with Gasteiger partial charge in [0.05, 0.1) is 5.69 Å². The highest BCUT2D eigenvalue weighted by Gasteiger charge is 2.25. The van der Waals surface area contributed by atoms with E-state index in [0.717, 1.165) is 11.3 Å². The number of nitrogens with zero attached hydrogens (tertiary/aromatic N) is 1. The van der Waals surface area contributed by atoms with Crippen LogP contribution in [0.3, 0.4) is 0 Å². The molecule has 1 unspecified atom stereocenters. The van der Waals surface area contributed by atoms with Gasteiger partial charge in [-0.1, -0.05) is 30.3 Å². The third kappa shape index (κ3) is 4.69. The molecule has 3 aromatic carbocycles. The molecule has 0 N–H and O–H groups in total. The van der Waals surface area contributed by atoms with E-state index in [2.05, 4.69) is 0 Å². The zero-order chi connectivity index (χ0) is 21.8. The predicted molar refractivity (Wildman–Crippen MR) is 117 cm³/mol. The van der Waals surface area contributed by atoms with Crippen molar-refractivity contribution in [3.05, 3.63) is 83.9 Å². The second-order valence-corrected chi connectivity index (χ2v) is 7.29. The van der Waals surface area contributed by atoms with Gasteiger partial charge in [0.1, 0.15) is 23.9 Å². The molecule has 3 aromatic rings. The van der Waals surface area contributed by atoms with Gasteiger partial charge in [-0.15, -0.1) is 0 Å². The normalized spacial score (nSPS) is 13.7. The van der Waals surface area contributed by atoms with Crippen molar-refractivity contribution in [2.75, 3.05) is 18.6 Å². The number of rotatable bonds is 7. The summed E-state index contributed by atoms with van der Waals surface area (Å²) in [5, 5.41) is 0. The number of ether oxygens (including phenoxy) is 3. The Kier molecular flexibility index (Phi) is 5.89. The smallest absolute Gasteiger partial charge is 0.264 e. The number of ketones is 1. The number of amides is 1. The zero-order valence-electron chi connectivity index (χ0n) is 17.4. The number of carbonyl (C=O) groups is 2. The van der Waals surface area contributed by atoms with E-state index in [1.807, 2.05) is 42.5 Å². The van der Waals surface area contributed by atoms with Gasteiger partial charge in [0.15, 0.2) is 12.7 Å². The molecule has 1 heterocycles. The lowest BCUT2D eigenvalue weighted by atomic mass is 10.0. The molecule has 6 nitrogen and oxygen atoms in total. The van der Waals surface area contributed by atoms with Crippen molar-refractivity contribution in [1.29, 1.82) is 0 Å². The summed E-state index contributed by atoms with van der Waals surface area (Å²) in [5.74, 6) is 1.53. The first-order valence-electron chi connectivity index (χ1n) is 10.0. The maximum absolute atomic E-state index is 12.9. The van der Waals surface area contributed by atoms with Gasteiger partial charge in [-0.3, -0.25) is 9.59 Å². The lowest BCUT2D eigenvalue weighted by Gasteiger charge is -2.26. The molecule has 0 aliphatic carbocycles. The van der Waals surface area contributed by atoms with Crippen molar-refractivity contribution in [1.82, 2.24) is 0 Å². The van der Waals surface area contributed by atoms with Crippen LogP contribution < -0.4 is 19.1 Å². The Labute approximate surface area is 181 Å². The first-order valence-corrected chi connectivity index (χ1v) is 10.0. The number of benzene rings is 3. The van der Waals surface area contributed by atoms with Crippen LogP contribution in [0.4, 0.5) is 5.69 Å². The van der Waals surface area contributed by atoms with Crippen LogP contribution in [0.2, 0.25) is 0 Å².